The number of nitrogens with zero attached hydrogens (tertiary/aromatic N) is 2. The second-order valence-electron chi connectivity index (χ2n) is 7.26. The van der Waals surface area contributed by atoms with E-state index in [1.165, 1.54) is 20.3 Å². The van der Waals surface area contributed by atoms with E-state index in [1.54, 1.807) is 24.3 Å². The maximum Gasteiger partial charge on any atom is 0.331 e. The minimum atomic E-state index is -0.631. The zero-order valence-electron chi connectivity index (χ0n) is 18.9. The van der Waals surface area contributed by atoms with Crippen molar-refractivity contribution in [3.63, 3.8) is 0 Å². The highest BCUT2D eigenvalue weighted by Gasteiger charge is 2.16. The molecule has 3 rings (SSSR count). The van der Waals surface area contributed by atoms with Crippen molar-refractivity contribution in [2.45, 2.75) is 20.4 Å². The Morgan fingerprint density at radius 1 is 1.09 bits per heavy atom. The molecule has 0 unspecified atom stereocenters. The van der Waals surface area contributed by atoms with Crippen LogP contribution < -0.4 is 9.47 Å². The molecule has 1 heterocycles. The number of ketones is 1. The number of halogens is 1. The summed E-state index contributed by atoms with van der Waals surface area (Å²) in [7, 11) is 2.98. The molecule has 0 atom stereocenters. The van der Waals surface area contributed by atoms with E-state index in [9.17, 15) is 9.59 Å². The molecule has 8 heteroatoms. The number of aromatic nitrogens is 2. The van der Waals surface area contributed by atoms with Crippen LogP contribution in [0.4, 0.5) is 0 Å². The molecule has 0 radical (unpaired) electrons. The van der Waals surface area contributed by atoms with Crippen molar-refractivity contribution < 1.29 is 23.8 Å². The van der Waals surface area contributed by atoms with Gasteiger partial charge in [-0.25, -0.2) is 4.79 Å². The number of carbonyl (C=O) groups is 2. The van der Waals surface area contributed by atoms with E-state index >= 15 is 0 Å². The Bertz CT molecular complexity index is 1200. The number of hydrogen-bond acceptors (Lipinski definition) is 6. The quantitative estimate of drug-likeness (QED) is 0.258. The minimum absolute atomic E-state index is 0.308. The zero-order valence-corrected chi connectivity index (χ0v) is 19.7. The molecular formula is C25H25ClN2O5. The molecule has 0 fully saturated rings. The summed E-state index contributed by atoms with van der Waals surface area (Å²) < 4.78 is 17.3. The molecular weight excluding hydrogens is 444 g/mol. The summed E-state index contributed by atoms with van der Waals surface area (Å²) in [6.07, 6.45) is 2.93. The number of Topliss-reactive ketones (excluding diaryl/α,β-unsaturated/α-hetero) is 1. The van der Waals surface area contributed by atoms with Crippen molar-refractivity contribution in [2.75, 3.05) is 20.8 Å². The first-order chi connectivity index (χ1) is 15.8. The highest BCUT2D eigenvalue weighted by molar-refractivity contribution is 6.31. The molecule has 7 nitrogen and oxygen atoms in total. The second kappa shape index (κ2) is 10.8. The lowest BCUT2D eigenvalue weighted by Gasteiger charge is -2.09. The van der Waals surface area contributed by atoms with Gasteiger partial charge >= 0.3 is 5.97 Å². The third-order valence-electron chi connectivity index (χ3n) is 5.16. The normalized spacial score (nSPS) is 10.9. The smallest absolute Gasteiger partial charge is 0.331 e. The first-order valence-corrected chi connectivity index (χ1v) is 10.6. The molecule has 0 saturated carbocycles. The Hall–Kier alpha value is -3.58. The lowest BCUT2D eigenvalue weighted by Crippen LogP contribution is -2.13. The third kappa shape index (κ3) is 5.81. The summed E-state index contributed by atoms with van der Waals surface area (Å²) in [4.78, 5) is 24.7. The molecule has 0 bridgehead atoms. The standard InChI is InChI=1S/C25H25ClN2O5/c1-16-20(17(2)28(27-16)14-18-7-5-6-8-22(18)26)11-12-25(30)33-15-23(29)21-10-9-19(31-3)13-24(21)32-4/h5-13H,14-15H2,1-4H3/b12-11+. The number of esters is 1. The number of carbonyl (C=O) groups excluding carboxylic acids is 2. The van der Waals surface area contributed by atoms with Gasteiger partial charge in [-0.3, -0.25) is 9.48 Å². The van der Waals surface area contributed by atoms with Gasteiger partial charge in [0, 0.05) is 28.4 Å². The molecule has 0 aliphatic rings. The van der Waals surface area contributed by atoms with E-state index in [0.717, 1.165) is 22.5 Å². The zero-order chi connectivity index (χ0) is 24.0. The monoisotopic (exact) mass is 468 g/mol. The molecule has 0 saturated heterocycles. The van der Waals surface area contributed by atoms with Gasteiger partial charge in [0.05, 0.1) is 32.0 Å². The van der Waals surface area contributed by atoms with Gasteiger partial charge in [0.1, 0.15) is 11.5 Å². The van der Waals surface area contributed by atoms with Crippen molar-refractivity contribution >= 4 is 29.4 Å². The largest absolute Gasteiger partial charge is 0.497 e. The Morgan fingerprint density at radius 2 is 1.85 bits per heavy atom. The van der Waals surface area contributed by atoms with E-state index in [4.69, 9.17) is 25.8 Å². The van der Waals surface area contributed by atoms with Gasteiger partial charge in [-0.05, 0) is 43.7 Å². The van der Waals surface area contributed by atoms with E-state index < -0.39 is 12.6 Å². The van der Waals surface area contributed by atoms with E-state index in [2.05, 4.69) is 5.10 Å². The van der Waals surface area contributed by atoms with Crippen LogP contribution in [0.15, 0.2) is 48.5 Å². The van der Waals surface area contributed by atoms with Crippen LogP contribution in [-0.4, -0.2) is 42.4 Å². The Labute approximate surface area is 197 Å². The number of aryl methyl sites for hydroxylation is 1. The molecule has 0 spiro atoms. The SMILES string of the molecule is COc1ccc(C(=O)COC(=O)/C=C/c2c(C)nn(Cc3ccccc3Cl)c2C)c(OC)c1. The fraction of sp³-hybridized carbons (Fsp3) is 0.240. The van der Waals surface area contributed by atoms with Crippen LogP contribution in [0.3, 0.4) is 0 Å². The fourth-order valence-electron chi connectivity index (χ4n) is 3.34. The average molecular weight is 469 g/mol. The lowest BCUT2D eigenvalue weighted by atomic mass is 10.1. The number of rotatable bonds is 9. The summed E-state index contributed by atoms with van der Waals surface area (Å²) in [6.45, 7) is 3.89. The van der Waals surface area contributed by atoms with E-state index in [-0.39, 0.29) is 5.78 Å². The van der Waals surface area contributed by atoms with Crippen LogP contribution in [0, 0.1) is 13.8 Å². The van der Waals surface area contributed by atoms with Gasteiger partial charge in [-0.2, -0.15) is 5.10 Å². The lowest BCUT2D eigenvalue weighted by molar-refractivity contribution is -0.136. The van der Waals surface area contributed by atoms with Gasteiger partial charge < -0.3 is 14.2 Å². The van der Waals surface area contributed by atoms with E-state index in [0.29, 0.717) is 28.6 Å². The van der Waals surface area contributed by atoms with Crippen LogP contribution in [0.2, 0.25) is 5.02 Å². The van der Waals surface area contributed by atoms with Gasteiger partial charge in [0.15, 0.2) is 6.61 Å². The van der Waals surface area contributed by atoms with Crippen LogP contribution in [0.1, 0.15) is 32.9 Å². The first kappa shape index (κ1) is 24.1. The number of ether oxygens (including phenoxy) is 3. The number of benzene rings is 2. The highest BCUT2D eigenvalue weighted by Crippen LogP contribution is 2.25. The van der Waals surface area contributed by atoms with Crippen LogP contribution in [0.25, 0.3) is 6.08 Å². The summed E-state index contributed by atoms with van der Waals surface area (Å²) in [5, 5.41) is 5.22. The first-order valence-electron chi connectivity index (χ1n) is 10.2. The maximum atomic E-state index is 12.5. The molecule has 33 heavy (non-hydrogen) atoms. The molecule has 1 aromatic heterocycles. The predicted molar refractivity (Wildman–Crippen MR) is 126 cm³/mol. The van der Waals surface area contributed by atoms with Gasteiger partial charge in [-0.1, -0.05) is 29.8 Å². The number of hydrogen-bond donors (Lipinski definition) is 0. The molecule has 0 N–H and O–H groups in total. The Kier molecular flexibility index (Phi) is 7.90. The van der Waals surface area contributed by atoms with Gasteiger partial charge in [0.2, 0.25) is 5.78 Å². The predicted octanol–water partition coefficient (Wildman–Crippen LogP) is 4.66. The molecule has 0 aliphatic carbocycles. The number of methoxy groups -OCH3 is 2. The van der Waals surface area contributed by atoms with Crippen molar-refractivity contribution in [1.82, 2.24) is 9.78 Å². The van der Waals surface area contributed by atoms with Crippen LogP contribution >= 0.6 is 11.6 Å². The molecule has 0 amide bonds. The Morgan fingerprint density at radius 3 is 2.55 bits per heavy atom. The summed E-state index contributed by atoms with van der Waals surface area (Å²) >= 11 is 6.26. The molecule has 172 valence electrons. The topological polar surface area (TPSA) is 79.7 Å². The molecule has 3 aromatic rings. The summed E-state index contributed by atoms with van der Waals surface area (Å²) in [5.74, 6) is -0.100. The highest BCUT2D eigenvalue weighted by atomic mass is 35.5. The van der Waals surface area contributed by atoms with Crippen LogP contribution in [0.5, 0.6) is 11.5 Å². The Balaban J connectivity index is 1.65. The summed E-state index contributed by atoms with van der Waals surface area (Å²) in [6, 6.07) is 12.4. The van der Waals surface area contributed by atoms with Gasteiger partial charge in [0.25, 0.3) is 0 Å². The average Bonchev–Trinajstić information content (AvgIpc) is 3.09. The molecule has 0 aliphatic heterocycles. The maximum absolute atomic E-state index is 12.5. The van der Waals surface area contributed by atoms with Crippen molar-refractivity contribution in [3.8, 4) is 11.5 Å². The van der Waals surface area contributed by atoms with Crippen molar-refractivity contribution in [2.24, 2.45) is 0 Å². The van der Waals surface area contributed by atoms with E-state index in [1.807, 2.05) is 42.8 Å². The fourth-order valence-corrected chi connectivity index (χ4v) is 3.53. The minimum Gasteiger partial charge on any atom is -0.497 e. The second-order valence-corrected chi connectivity index (χ2v) is 7.67. The van der Waals surface area contributed by atoms with Crippen molar-refractivity contribution in [3.05, 3.63) is 81.6 Å². The third-order valence-corrected chi connectivity index (χ3v) is 5.52. The van der Waals surface area contributed by atoms with Gasteiger partial charge in [-0.15, -0.1) is 0 Å². The summed E-state index contributed by atoms with van der Waals surface area (Å²) in [5.41, 5.74) is 3.72. The van der Waals surface area contributed by atoms with Crippen LogP contribution in [-0.2, 0) is 16.1 Å². The van der Waals surface area contributed by atoms with Crippen molar-refractivity contribution in [1.29, 1.82) is 0 Å². The molecule has 2 aromatic carbocycles.